The van der Waals surface area contributed by atoms with Gasteiger partial charge in [0.25, 0.3) is 0 Å². The van der Waals surface area contributed by atoms with Gasteiger partial charge in [0.2, 0.25) is 0 Å². The van der Waals surface area contributed by atoms with Crippen LogP contribution in [0.4, 0.5) is 4.39 Å². The fraction of sp³-hybridized carbons (Fsp3) is 0.647. The van der Waals surface area contributed by atoms with Crippen molar-refractivity contribution in [3.05, 3.63) is 35.6 Å². The van der Waals surface area contributed by atoms with Crippen LogP contribution in [0, 0.1) is 11.7 Å². The number of halogens is 1. The first-order chi connectivity index (χ1) is 9.63. The van der Waals surface area contributed by atoms with Crippen LogP contribution >= 0.6 is 0 Å². The van der Waals surface area contributed by atoms with Gasteiger partial charge >= 0.3 is 0 Å². The van der Waals surface area contributed by atoms with Crippen molar-refractivity contribution in [1.29, 1.82) is 0 Å². The summed E-state index contributed by atoms with van der Waals surface area (Å²) in [5.74, 6) is 0.669. The molecule has 0 bridgehead atoms. The monoisotopic (exact) mass is 278 g/mol. The summed E-state index contributed by atoms with van der Waals surface area (Å²) in [5.41, 5.74) is 7.17. The van der Waals surface area contributed by atoms with Gasteiger partial charge in [0, 0.05) is 18.6 Å². The van der Waals surface area contributed by atoms with Gasteiger partial charge in [0.05, 0.1) is 0 Å². The Kier molecular flexibility index (Phi) is 5.55. The van der Waals surface area contributed by atoms with E-state index in [4.69, 9.17) is 5.73 Å². The molecule has 0 amide bonds. The summed E-state index contributed by atoms with van der Waals surface area (Å²) in [7, 11) is 0. The SMILES string of the molecule is CCC1CCN(C(C)Cc2ccc(F)cc2)C(CN)C1. The van der Waals surface area contributed by atoms with E-state index in [1.165, 1.54) is 24.8 Å². The molecule has 1 saturated heterocycles. The minimum absolute atomic E-state index is 0.162. The lowest BCUT2D eigenvalue weighted by atomic mass is 9.87. The molecule has 1 aliphatic heterocycles. The molecule has 0 aliphatic carbocycles. The van der Waals surface area contributed by atoms with Gasteiger partial charge in [0.1, 0.15) is 5.82 Å². The predicted molar refractivity (Wildman–Crippen MR) is 82.1 cm³/mol. The highest BCUT2D eigenvalue weighted by Crippen LogP contribution is 2.27. The highest BCUT2D eigenvalue weighted by Gasteiger charge is 2.29. The van der Waals surface area contributed by atoms with Crippen LogP contribution in [0.1, 0.15) is 38.7 Å². The molecular formula is C17H27FN2. The van der Waals surface area contributed by atoms with Crippen molar-refractivity contribution in [3.8, 4) is 0 Å². The molecule has 20 heavy (non-hydrogen) atoms. The van der Waals surface area contributed by atoms with Crippen molar-refractivity contribution in [2.45, 2.75) is 51.6 Å². The molecule has 0 saturated carbocycles. The molecule has 3 unspecified atom stereocenters. The second-order valence-corrected chi connectivity index (χ2v) is 6.11. The van der Waals surface area contributed by atoms with Gasteiger partial charge in [-0.3, -0.25) is 4.90 Å². The summed E-state index contributed by atoms with van der Waals surface area (Å²) in [6, 6.07) is 7.85. The molecule has 0 aromatic heterocycles. The Morgan fingerprint density at radius 2 is 2.05 bits per heavy atom. The third-order valence-corrected chi connectivity index (χ3v) is 4.73. The summed E-state index contributed by atoms with van der Waals surface area (Å²) in [4.78, 5) is 2.55. The van der Waals surface area contributed by atoms with Crippen LogP contribution in [0.25, 0.3) is 0 Å². The molecule has 1 fully saturated rings. The zero-order valence-electron chi connectivity index (χ0n) is 12.7. The van der Waals surface area contributed by atoms with Crippen molar-refractivity contribution in [2.75, 3.05) is 13.1 Å². The molecule has 1 heterocycles. The molecule has 3 atom stereocenters. The van der Waals surface area contributed by atoms with Crippen molar-refractivity contribution in [3.63, 3.8) is 0 Å². The molecule has 2 rings (SSSR count). The maximum Gasteiger partial charge on any atom is 0.123 e. The van der Waals surface area contributed by atoms with Crippen LogP contribution in [0.2, 0.25) is 0 Å². The summed E-state index contributed by atoms with van der Waals surface area (Å²) in [6.45, 7) is 6.42. The van der Waals surface area contributed by atoms with Gasteiger partial charge in [-0.25, -0.2) is 4.39 Å². The third-order valence-electron chi connectivity index (χ3n) is 4.73. The predicted octanol–water partition coefficient (Wildman–Crippen LogP) is 3.21. The minimum atomic E-state index is -0.162. The second-order valence-electron chi connectivity index (χ2n) is 6.11. The summed E-state index contributed by atoms with van der Waals surface area (Å²) < 4.78 is 13.0. The van der Waals surface area contributed by atoms with E-state index >= 15 is 0 Å². The first-order valence-electron chi connectivity index (χ1n) is 7.84. The van der Waals surface area contributed by atoms with Gasteiger partial charge in [-0.05, 0) is 56.3 Å². The molecule has 1 aromatic carbocycles. The quantitative estimate of drug-likeness (QED) is 0.896. The topological polar surface area (TPSA) is 29.3 Å². The Bertz CT molecular complexity index is 404. The Morgan fingerprint density at radius 3 is 2.65 bits per heavy atom. The number of likely N-dealkylation sites (tertiary alicyclic amines) is 1. The van der Waals surface area contributed by atoms with E-state index in [1.807, 2.05) is 12.1 Å². The van der Waals surface area contributed by atoms with E-state index in [2.05, 4.69) is 18.7 Å². The maximum atomic E-state index is 13.0. The van der Waals surface area contributed by atoms with Gasteiger partial charge < -0.3 is 5.73 Å². The molecule has 0 spiro atoms. The molecule has 0 radical (unpaired) electrons. The fourth-order valence-corrected chi connectivity index (χ4v) is 3.41. The highest BCUT2D eigenvalue weighted by atomic mass is 19.1. The van der Waals surface area contributed by atoms with E-state index in [0.717, 1.165) is 25.4 Å². The Morgan fingerprint density at radius 1 is 1.35 bits per heavy atom. The maximum absolute atomic E-state index is 13.0. The first-order valence-corrected chi connectivity index (χ1v) is 7.84. The number of hydrogen-bond donors (Lipinski definition) is 1. The standard InChI is InChI=1S/C17H27FN2/c1-3-14-8-9-20(17(11-14)12-19)13(2)10-15-4-6-16(18)7-5-15/h4-7,13-14,17H,3,8-12,19H2,1-2H3. The molecule has 2 N–H and O–H groups in total. The Labute approximate surface area is 122 Å². The first kappa shape index (κ1) is 15.5. The van der Waals surface area contributed by atoms with Crippen LogP contribution in [0.5, 0.6) is 0 Å². The van der Waals surface area contributed by atoms with Crippen molar-refractivity contribution < 1.29 is 4.39 Å². The highest BCUT2D eigenvalue weighted by molar-refractivity contribution is 5.17. The van der Waals surface area contributed by atoms with E-state index in [0.29, 0.717) is 12.1 Å². The number of nitrogens with two attached hydrogens (primary N) is 1. The van der Waals surface area contributed by atoms with Crippen molar-refractivity contribution >= 4 is 0 Å². The largest absolute Gasteiger partial charge is 0.329 e. The average Bonchev–Trinajstić information content (AvgIpc) is 2.48. The normalized spacial score (nSPS) is 25.6. The van der Waals surface area contributed by atoms with E-state index in [1.54, 1.807) is 12.1 Å². The van der Waals surface area contributed by atoms with Gasteiger partial charge in [0.15, 0.2) is 0 Å². The van der Waals surface area contributed by atoms with Gasteiger partial charge in [-0.2, -0.15) is 0 Å². The summed E-state index contributed by atoms with van der Waals surface area (Å²) >= 11 is 0. The molecule has 1 aliphatic rings. The number of nitrogens with zero attached hydrogens (tertiary/aromatic N) is 1. The van der Waals surface area contributed by atoms with Crippen molar-refractivity contribution in [1.82, 2.24) is 4.90 Å². The average molecular weight is 278 g/mol. The van der Waals surface area contributed by atoms with Crippen molar-refractivity contribution in [2.24, 2.45) is 11.7 Å². The number of piperidine rings is 1. The van der Waals surface area contributed by atoms with Crippen LogP contribution < -0.4 is 5.73 Å². The lowest BCUT2D eigenvalue weighted by Crippen LogP contribution is -2.51. The van der Waals surface area contributed by atoms with Crippen LogP contribution in [-0.2, 0) is 6.42 Å². The van der Waals surface area contributed by atoms with Gasteiger partial charge in [-0.1, -0.05) is 25.5 Å². The zero-order valence-corrected chi connectivity index (χ0v) is 12.7. The van der Waals surface area contributed by atoms with E-state index < -0.39 is 0 Å². The number of rotatable bonds is 5. The van der Waals surface area contributed by atoms with Crippen LogP contribution in [0.3, 0.4) is 0 Å². The number of hydrogen-bond acceptors (Lipinski definition) is 2. The summed E-state index contributed by atoms with van der Waals surface area (Å²) in [5, 5.41) is 0. The molecule has 3 heteroatoms. The molecule has 112 valence electrons. The minimum Gasteiger partial charge on any atom is -0.329 e. The lowest BCUT2D eigenvalue weighted by molar-refractivity contribution is 0.0775. The zero-order chi connectivity index (χ0) is 14.5. The molecule has 2 nitrogen and oxygen atoms in total. The van der Waals surface area contributed by atoms with E-state index in [9.17, 15) is 4.39 Å². The third kappa shape index (κ3) is 3.80. The van der Waals surface area contributed by atoms with Crippen LogP contribution in [-0.4, -0.2) is 30.1 Å². The fourth-order valence-electron chi connectivity index (χ4n) is 3.41. The Hall–Kier alpha value is -0.930. The number of benzene rings is 1. The Balaban J connectivity index is 1.97. The smallest absolute Gasteiger partial charge is 0.123 e. The van der Waals surface area contributed by atoms with Gasteiger partial charge in [-0.15, -0.1) is 0 Å². The second kappa shape index (κ2) is 7.19. The molecular weight excluding hydrogens is 251 g/mol. The van der Waals surface area contributed by atoms with E-state index in [-0.39, 0.29) is 5.82 Å². The van der Waals surface area contributed by atoms with Crippen LogP contribution in [0.15, 0.2) is 24.3 Å². The molecule has 1 aromatic rings. The summed E-state index contributed by atoms with van der Waals surface area (Å²) in [6.07, 6.45) is 4.73. The lowest BCUT2D eigenvalue weighted by Gasteiger charge is -2.42.